The normalized spacial score (nSPS) is 14.9. The molecule has 1 saturated carbocycles. The lowest BCUT2D eigenvalue weighted by molar-refractivity contribution is 0.186. The van der Waals surface area contributed by atoms with E-state index >= 15 is 0 Å². The Balaban J connectivity index is 1.52. The lowest BCUT2D eigenvalue weighted by Gasteiger charge is -2.32. The van der Waals surface area contributed by atoms with Gasteiger partial charge in [-0.15, -0.1) is 5.10 Å². The summed E-state index contributed by atoms with van der Waals surface area (Å²) in [6.45, 7) is 3.17. The number of benzene rings is 2. The molecule has 3 aromatic heterocycles. The number of ether oxygens (including phenoxy) is 1. The van der Waals surface area contributed by atoms with E-state index in [0.29, 0.717) is 24.5 Å². The summed E-state index contributed by atoms with van der Waals surface area (Å²) in [5.74, 6) is 1.48. The van der Waals surface area contributed by atoms with E-state index in [1.165, 1.54) is 6.42 Å². The van der Waals surface area contributed by atoms with Crippen LogP contribution in [0.2, 0.25) is 0 Å². The number of H-pyrrole nitrogens is 1. The van der Waals surface area contributed by atoms with Crippen molar-refractivity contribution in [2.45, 2.75) is 64.2 Å². The van der Waals surface area contributed by atoms with Crippen LogP contribution in [-0.4, -0.2) is 42.2 Å². The minimum Gasteiger partial charge on any atom is -0.497 e. The molecule has 5 aromatic rings. The summed E-state index contributed by atoms with van der Waals surface area (Å²) in [4.78, 5) is 23.6. The number of nitrogens with zero attached hydrogens (tertiary/aromatic N) is 6. The molecule has 2 aromatic carbocycles. The van der Waals surface area contributed by atoms with Gasteiger partial charge < -0.3 is 9.72 Å². The first-order valence-electron chi connectivity index (χ1n) is 14.3. The van der Waals surface area contributed by atoms with Gasteiger partial charge in [0.05, 0.1) is 13.2 Å². The second-order valence-electron chi connectivity index (χ2n) is 10.9. The van der Waals surface area contributed by atoms with Crippen molar-refractivity contribution in [3.05, 3.63) is 111 Å². The van der Waals surface area contributed by atoms with Gasteiger partial charge in [-0.25, -0.2) is 4.68 Å². The fraction of sp³-hybridized carbons (Fsp3) is 0.344. The van der Waals surface area contributed by atoms with Gasteiger partial charge in [-0.2, -0.15) is 0 Å². The number of methoxy groups -OCH3 is 1. The van der Waals surface area contributed by atoms with Gasteiger partial charge >= 0.3 is 0 Å². The minimum atomic E-state index is -0.497. The molecule has 0 radical (unpaired) electrons. The Labute approximate surface area is 239 Å². The van der Waals surface area contributed by atoms with Crippen LogP contribution in [0.4, 0.5) is 0 Å². The number of tetrazole rings is 1. The quantitative estimate of drug-likeness (QED) is 0.258. The summed E-state index contributed by atoms with van der Waals surface area (Å²) in [6.07, 6.45) is 9.22. The summed E-state index contributed by atoms with van der Waals surface area (Å²) in [6, 6.07) is 19.8. The maximum absolute atomic E-state index is 13.8. The van der Waals surface area contributed by atoms with Crippen LogP contribution in [0.1, 0.15) is 72.3 Å². The molecule has 0 spiro atoms. The maximum atomic E-state index is 13.8. The number of aromatic nitrogens is 6. The highest BCUT2D eigenvalue weighted by molar-refractivity contribution is 5.79. The van der Waals surface area contributed by atoms with E-state index in [9.17, 15) is 4.79 Å². The molecule has 0 unspecified atom stereocenters. The van der Waals surface area contributed by atoms with Gasteiger partial charge in [0.25, 0.3) is 5.56 Å². The molecule has 3 heterocycles. The van der Waals surface area contributed by atoms with Gasteiger partial charge in [0.15, 0.2) is 5.82 Å². The molecule has 9 nitrogen and oxygen atoms in total. The van der Waals surface area contributed by atoms with Crippen LogP contribution < -0.4 is 10.3 Å². The molecule has 41 heavy (non-hydrogen) atoms. The number of hydrogen-bond acceptors (Lipinski definition) is 7. The Morgan fingerprint density at radius 2 is 1.83 bits per heavy atom. The number of fused-ring (bicyclic) bond motifs is 1. The van der Waals surface area contributed by atoms with E-state index in [4.69, 9.17) is 4.74 Å². The number of aryl methyl sites for hydroxylation is 1. The molecule has 1 atom stereocenters. The molecule has 210 valence electrons. The molecule has 0 amide bonds. The third-order valence-corrected chi connectivity index (χ3v) is 8.02. The Hall–Kier alpha value is -4.37. The van der Waals surface area contributed by atoms with E-state index < -0.39 is 6.04 Å². The zero-order chi connectivity index (χ0) is 28.2. The molecule has 0 saturated heterocycles. The SMILES string of the molecule is COc1ccc(CN(Cc2cccnc2)[C@H](c2cc3cc(C)ccc3[nH]c2=O)c2nnnn2C2CCCCC2)cc1. The molecule has 1 fully saturated rings. The van der Waals surface area contributed by atoms with Crippen LogP contribution in [0, 0.1) is 6.92 Å². The summed E-state index contributed by atoms with van der Waals surface area (Å²) in [5.41, 5.74) is 4.54. The van der Waals surface area contributed by atoms with Crippen molar-refractivity contribution in [1.29, 1.82) is 0 Å². The minimum absolute atomic E-state index is 0.143. The molecule has 1 N–H and O–H groups in total. The van der Waals surface area contributed by atoms with E-state index in [2.05, 4.69) is 61.6 Å². The zero-order valence-corrected chi connectivity index (χ0v) is 23.5. The fourth-order valence-electron chi connectivity index (χ4n) is 5.94. The Morgan fingerprint density at radius 1 is 1.02 bits per heavy atom. The van der Waals surface area contributed by atoms with Crippen molar-refractivity contribution in [1.82, 2.24) is 35.1 Å². The number of aromatic amines is 1. The van der Waals surface area contributed by atoms with Crippen molar-refractivity contribution in [2.24, 2.45) is 0 Å². The van der Waals surface area contributed by atoms with Gasteiger partial charge in [-0.1, -0.05) is 49.1 Å². The van der Waals surface area contributed by atoms with Gasteiger partial charge in [0, 0.05) is 36.6 Å². The number of hydrogen-bond donors (Lipinski definition) is 1. The molecule has 0 aliphatic heterocycles. The number of pyridine rings is 2. The Bertz CT molecular complexity index is 1660. The van der Waals surface area contributed by atoms with Crippen LogP contribution in [-0.2, 0) is 13.1 Å². The summed E-state index contributed by atoms with van der Waals surface area (Å²) >= 11 is 0. The van der Waals surface area contributed by atoms with Crippen LogP contribution >= 0.6 is 0 Å². The van der Waals surface area contributed by atoms with Crippen LogP contribution in [0.5, 0.6) is 5.75 Å². The molecule has 0 bridgehead atoms. The number of rotatable bonds is 9. The molecular weight excluding hydrogens is 514 g/mol. The lowest BCUT2D eigenvalue weighted by Crippen LogP contribution is -2.35. The van der Waals surface area contributed by atoms with Crippen molar-refractivity contribution < 1.29 is 4.74 Å². The third kappa shape index (κ3) is 5.90. The average Bonchev–Trinajstić information content (AvgIpc) is 3.48. The number of nitrogens with one attached hydrogen (secondary N) is 1. The van der Waals surface area contributed by atoms with Gasteiger partial charge in [-0.3, -0.25) is 14.7 Å². The fourth-order valence-corrected chi connectivity index (χ4v) is 5.94. The largest absolute Gasteiger partial charge is 0.497 e. The first-order valence-corrected chi connectivity index (χ1v) is 14.3. The first-order chi connectivity index (χ1) is 20.1. The van der Waals surface area contributed by atoms with E-state index in [0.717, 1.165) is 59.0 Å². The lowest BCUT2D eigenvalue weighted by atomic mass is 9.95. The predicted molar refractivity (Wildman–Crippen MR) is 158 cm³/mol. The van der Waals surface area contributed by atoms with Crippen molar-refractivity contribution >= 4 is 10.9 Å². The average molecular weight is 550 g/mol. The van der Waals surface area contributed by atoms with Crippen LogP contribution in [0.25, 0.3) is 10.9 Å². The van der Waals surface area contributed by atoms with Crippen molar-refractivity contribution in [3.8, 4) is 5.75 Å². The third-order valence-electron chi connectivity index (χ3n) is 8.02. The Morgan fingerprint density at radius 3 is 2.59 bits per heavy atom. The molecular formula is C32H35N7O2. The van der Waals surface area contributed by atoms with E-state index in [1.807, 2.05) is 47.3 Å². The second kappa shape index (κ2) is 12.0. The predicted octanol–water partition coefficient (Wildman–Crippen LogP) is 5.52. The smallest absolute Gasteiger partial charge is 0.253 e. The molecule has 1 aliphatic rings. The maximum Gasteiger partial charge on any atom is 0.253 e. The molecule has 6 rings (SSSR count). The molecule has 9 heteroatoms. The van der Waals surface area contributed by atoms with Gasteiger partial charge in [-0.05, 0) is 83.1 Å². The second-order valence-corrected chi connectivity index (χ2v) is 10.9. The van der Waals surface area contributed by atoms with Gasteiger partial charge in [0.2, 0.25) is 0 Å². The van der Waals surface area contributed by atoms with E-state index in [1.54, 1.807) is 13.3 Å². The van der Waals surface area contributed by atoms with Crippen molar-refractivity contribution in [2.75, 3.05) is 7.11 Å². The highest BCUT2D eigenvalue weighted by atomic mass is 16.5. The zero-order valence-electron chi connectivity index (χ0n) is 23.5. The molecule has 1 aliphatic carbocycles. The van der Waals surface area contributed by atoms with Gasteiger partial charge in [0.1, 0.15) is 11.8 Å². The summed E-state index contributed by atoms with van der Waals surface area (Å²) < 4.78 is 7.38. The highest BCUT2D eigenvalue weighted by Crippen LogP contribution is 2.34. The Kier molecular flexibility index (Phi) is 7.86. The first kappa shape index (κ1) is 26.8. The monoisotopic (exact) mass is 549 g/mol. The van der Waals surface area contributed by atoms with E-state index in [-0.39, 0.29) is 11.6 Å². The van der Waals surface area contributed by atoms with Crippen LogP contribution in [0.15, 0.2) is 77.9 Å². The van der Waals surface area contributed by atoms with Crippen LogP contribution in [0.3, 0.4) is 0 Å². The summed E-state index contributed by atoms with van der Waals surface area (Å²) in [7, 11) is 1.67. The topological polar surface area (TPSA) is 102 Å². The standard InChI is InChI=1S/C32H35N7O2/c1-22-10-15-29-25(17-22)18-28(32(40)34-29)30(31-35-36-37-39(31)26-8-4-3-5-9-26)38(21-24-7-6-16-33-19-24)20-23-11-13-27(41-2)14-12-23/h6-7,10-19,26,30H,3-5,8-9,20-21H2,1-2H3,(H,34,40)/t30-/m1/s1. The van der Waals surface area contributed by atoms with Crippen molar-refractivity contribution in [3.63, 3.8) is 0 Å². The summed E-state index contributed by atoms with van der Waals surface area (Å²) in [5, 5.41) is 14.3. The highest BCUT2D eigenvalue weighted by Gasteiger charge is 2.33.